The first-order valence-corrected chi connectivity index (χ1v) is 5.59. The van der Waals surface area contributed by atoms with Crippen LogP contribution in [0.25, 0.3) is 10.9 Å². The van der Waals surface area contributed by atoms with E-state index >= 15 is 0 Å². The predicted molar refractivity (Wildman–Crippen MR) is 66.6 cm³/mol. The molecule has 90 valence electrons. The van der Waals surface area contributed by atoms with Gasteiger partial charge in [0.25, 0.3) is 0 Å². The van der Waals surface area contributed by atoms with E-state index in [9.17, 15) is 4.79 Å². The third kappa shape index (κ3) is 2.31. The number of H-pyrrole nitrogens is 1. The fourth-order valence-electron chi connectivity index (χ4n) is 2.00. The van der Waals surface area contributed by atoms with Gasteiger partial charge in [-0.2, -0.15) is 0 Å². The van der Waals surface area contributed by atoms with Crippen molar-refractivity contribution < 1.29 is 9.53 Å². The number of carbonyl (C=O) groups is 1. The topological polar surface area (TPSA) is 68.1 Å². The summed E-state index contributed by atoms with van der Waals surface area (Å²) in [5.41, 5.74) is 7.77. The number of benzene rings is 1. The van der Waals surface area contributed by atoms with Crippen LogP contribution in [0.4, 0.5) is 0 Å². The average Bonchev–Trinajstić information content (AvgIpc) is 2.78. The molecule has 0 radical (unpaired) electrons. The van der Waals surface area contributed by atoms with E-state index in [-0.39, 0.29) is 11.9 Å². The molecule has 3 N–H and O–H groups in total. The van der Waals surface area contributed by atoms with E-state index in [0.29, 0.717) is 13.0 Å². The molecule has 0 amide bonds. The average molecular weight is 232 g/mol. The van der Waals surface area contributed by atoms with Crippen LogP contribution in [-0.2, 0) is 16.0 Å². The molecule has 17 heavy (non-hydrogen) atoms. The summed E-state index contributed by atoms with van der Waals surface area (Å²) in [5, 5.41) is 1.13. The predicted octanol–water partition coefficient (Wildman–Crippen LogP) is 1.46. The lowest BCUT2D eigenvalue weighted by Gasteiger charge is -2.11. The first-order chi connectivity index (χ1) is 8.26. The van der Waals surface area contributed by atoms with Crippen molar-refractivity contribution in [2.45, 2.75) is 6.42 Å². The Balaban J connectivity index is 2.25. The molecule has 0 aliphatic heterocycles. The van der Waals surface area contributed by atoms with Crippen LogP contribution in [0.15, 0.2) is 30.5 Å². The van der Waals surface area contributed by atoms with Gasteiger partial charge < -0.3 is 15.5 Å². The maximum Gasteiger partial charge on any atom is 0.310 e. The van der Waals surface area contributed by atoms with Crippen molar-refractivity contribution >= 4 is 16.9 Å². The lowest BCUT2D eigenvalue weighted by atomic mass is 9.99. The van der Waals surface area contributed by atoms with E-state index in [2.05, 4.69) is 4.98 Å². The highest BCUT2D eigenvalue weighted by Crippen LogP contribution is 2.20. The number of nitrogens with two attached hydrogens (primary N) is 1. The molecule has 4 nitrogen and oxygen atoms in total. The van der Waals surface area contributed by atoms with Crippen molar-refractivity contribution in [2.75, 3.05) is 13.7 Å². The number of aromatic amines is 1. The minimum atomic E-state index is -0.279. The summed E-state index contributed by atoms with van der Waals surface area (Å²) >= 11 is 0. The van der Waals surface area contributed by atoms with Gasteiger partial charge in [-0.05, 0) is 18.1 Å². The minimum absolute atomic E-state index is 0.252. The van der Waals surface area contributed by atoms with Crippen molar-refractivity contribution in [1.29, 1.82) is 0 Å². The van der Waals surface area contributed by atoms with E-state index in [4.69, 9.17) is 10.5 Å². The summed E-state index contributed by atoms with van der Waals surface area (Å²) in [4.78, 5) is 14.7. The zero-order chi connectivity index (χ0) is 12.3. The van der Waals surface area contributed by atoms with Crippen LogP contribution in [0.5, 0.6) is 0 Å². The quantitative estimate of drug-likeness (QED) is 0.784. The van der Waals surface area contributed by atoms with Crippen LogP contribution in [0, 0.1) is 5.92 Å². The zero-order valence-corrected chi connectivity index (χ0v) is 9.77. The molecule has 2 aromatic rings. The first kappa shape index (κ1) is 11.7. The Morgan fingerprint density at radius 1 is 1.47 bits per heavy atom. The molecule has 4 heteroatoms. The first-order valence-electron chi connectivity index (χ1n) is 5.59. The summed E-state index contributed by atoms with van der Waals surface area (Å²) in [7, 11) is 1.39. The number of rotatable bonds is 4. The van der Waals surface area contributed by atoms with Crippen molar-refractivity contribution in [1.82, 2.24) is 4.98 Å². The summed E-state index contributed by atoms with van der Waals surface area (Å²) in [5.74, 6) is -0.531. The molecule has 0 saturated carbocycles. The molecule has 1 unspecified atom stereocenters. The molecule has 0 spiro atoms. The molecule has 0 bridgehead atoms. The van der Waals surface area contributed by atoms with E-state index in [0.717, 1.165) is 16.5 Å². The fraction of sp³-hybridized carbons (Fsp3) is 0.308. The van der Waals surface area contributed by atoms with E-state index in [1.807, 2.05) is 30.5 Å². The fourth-order valence-corrected chi connectivity index (χ4v) is 2.00. The molecular formula is C13H16N2O2. The van der Waals surface area contributed by atoms with Gasteiger partial charge >= 0.3 is 5.97 Å². The Labute approximate surface area is 99.8 Å². The molecule has 1 aromatic heterocycles. The highest BCUT2D eigenvalue weighted by molar-refractivity contribution is 5.84. The van der Waals surface area contributed by atoms with Gasteiger partial charge in [0.1, 0.15) is 0 Å². The van der Waals surface area contributed by atoms with E-state index in [1.54, 1.807) is 0 Å². The number of nitrogens with one attached hydrogen (secondary N) is 1. The Morgan fingerprint density at radius 3 is 2.94 bits per heavy atom. The van der Waals surface area contributed by atoms with Gasteiger partial charge in [-0.25, -0.2) is 0 Å². The second-order valence-corrected chi connectivity index (χ2v) is 4.02. The minimum Gasteiger partial charge on any atom is -0.469 e. The molecule has 0 saturated heterocycles. The van der Waals surface area contributed by atoms with Crippen LogP contribution in [0.1, 0.15) is 5.56 Å². The number of para-hydroxylation sites is 1. The van der Waals surface area contributed by atoms with Gasteiger partial charge in [0.05, 0.1) is 13.0 Å². The van der Waals surface area contributed by atoms with Crippen LogP contribution in [-0.4, -0.2) is 24.6 Å². The Hall–Kier alpha value is -1.81. The normalized spacial score (nSPS) is 12.6. The SMILES string of the molecule is COC(=O)C(CN)Cc1c[nH]c2ccccc12. The second-order valence-electron chi connectivity index (χ2n) is 4.02. The number of methoxy groups -OCH3 is 1. The van der Waals surface area contributed by atoms with Gasteiger partial charge in [-0.1, -0.05) is 18.2 Å². The van der Waals surface area contributed by atoms with Crippen LogP contribution >= 0.6 is 0 Å². The van der Waals surface area contributed by atoms with Crippen molar-refractivity contribution in [3.05, 3.63) is 36.0 Å². The number of hydrogen-bond acceptors (Lipinski definition) is 3. The third-order valence-electron chi connectivity index (χ3n) is 2.96. The van der Waals surface area contributed by atoms with Crippen LogP contribution in [0.3, 0.4) is 0 Å². The maximum absolute atomic E-state index is 11.5. The molecule has 1 atom stereocenters. The van der Waals surface area contributed by atoms with Gasteiger partial charge in [-0.3, -0.25) is 4.79 Å². The van der Waals surface area contributed by atoms with Gasteiger partial charge in [0, 0.05) is 23.6 Å². The molecule has 1 heterocycles. The van der Waals surface area contributed by atoms with Crippen LogP contribution < -0.4 is 5.73 Å². The summed E-state index contributed by atoms with van der Waals surface area (Å²) < 4.78 is 4.73. The number of fused-ring (bicyclic) bond motifs is 1. The lowest BCUT2D eigenvalue weighted by Crippen LogP contribution is -2.26. The number of esters is 1. The van der Waals surface area contributed by atoms with E-state index in [1.165, 1.54) is 7.11 Å². The number of carbonyl (C=O) groups excluding carboxylic acids is 1. The molecule has 0 fully saturated rings. The van der Waals surface area contributed by atoms with Crippen LogP contribution in [0.2, 0.25) is 0 Å². The molecule has 1 aromatic carbocycles. The molecule has 0 aliphatic rings. The Kier molecular flexibility index (Phi) is 3.44. The third-order valence-corrected chi connectivity index (χ3v) is 2.96. The smallest absolute Gasteiger partial charge is 0.310 e. The molecular weight excluding hydrogens is 216 g/mol. The van der Waals surface area contributed by atoms with Crippen molar-refractivity contribution in [3.8, 4) is 0 Å². The lowest BCUT2D eigenvalue weighted by molar-refractivity contribution is -0.145. The van der Waals surface area contributed by atoms with Crippen molar-refractivity contribution in [3.63, 3.8) is 0 Å². The molecule has 0 aliphatic carbocycles. The molecule has 2 rings (SSSR count). The Bertz CT molecular complexity index is 519. The summed E-state index contributed by atoms with van der Waals surface area (Å²) in [6.45, 7) is 0.298. The highest BCUT2D eigenvalue weighted by atomic mass is 16.5. The summed E-state index contributed by atoms with van der Waals surface area (Å²) in [6, 6.07) is 8.00. The number of ether oxygens (including phenoxy) is 1. The summed E-state index contributed by atoms with van der Waals surface area (Å²) in [6.07, 6.45) is 2.53. The van der Waals surface area contributed by atoms with E-state index < -0.39 is 0 Å². The Morgan fingerprint density at radius 2 is 2.24 bits per heavy atom. The number of aromatic nitrogens is 1. The van der Waals surface area contributed by atoms with Gasteiger partial charge in [-0.15, -0.1) is 0 Å². The highest BCUT2D eigenvalue weighted by Gasteiger charge is 2.19. The standard InChI is InChI=1S/C13H16N2O2/c1-17-13(16)9(7-14)6-10-8-15-12-5-3-2-4-11(10)12/h2-5,8-9,15H,6-7,14H2,1H3. The maximum atomic E-state index is 11.5. The largest absolute Gasteiger partial charge is 0.469 e. The second kappa shape index (κ2) is 5.01. The number of hydrogen-bond donors (Lipinski definition) is 2. The monoisotopic (exact) mass is 232 g/mol. The van der Waals surface area contributed by atoms with Gasteiger partial charge in [0.2, 0.25) is 0 Å². The van der Waals surface area contributed by atoms with Gasteiger partial charge in [0.15, 0.2) is 0 Å². The van der Waals surface area contributed by atoms with Crippen molar-refractivity contribution in [2.24, 2.45) is 11.7 Å². The zero-order valence-electron chi connectivity index (χ0n) is 9.77.